The Labute approximate surface area is 147 Å². The molecule has 0 unspecified atom stereocenters. The van der Waals surface area contributed by atoms with Gasteiger partial charge in [0, 0.05) is 18.7 Å². The molecule has 2 aromatic carbocycles. The molecule has 1 aliphatic heterocycles. The van der Waals surface area contributed by atoms with Crippen LogP contribution >= 0.6 is 0 Å². The third kappa shape index (κ3) is 4.06. The van der Waals surface area contributed by atoms with Gasteiger partial charge in [0.15, 0.2) is 0 Å². The molecular formula is C20H23FN2O2. The molecule has 2 aromatic rings. The lowest BCUT2D eigenvalue weighted by atomic mass is 10.0. The predicted molar refractivity (Wildman–Crippen MR) is 94.6 cm³/mol. The Morgan fingerprint density at radius 3 is 2.64 bits per heavy atom. The summed E-state index contributed by atoms with van der Waals surface area (Å²) in [5.74, 6) is -0.414. The van der Waals surface area contributed by atoms with Crippen LogP contribution in [0.2, 0.25) is 0 Å². The minimum absolute atomic E-state index is 0.105. The SMILES string of the molecule is CN(C)Cc1cccc(C(=O)N2C[C@H](O)C[C@H]2c2ccc(F)cc2)c1. The number of aliphatic hydroxyl groups excluding tert-OH is 1. The van der Waals surface area contributed by atoms with Crippen LogP contribution in [0.25, 0.3) is 0 Å². The number of rotatable bonds is 4. The van der Waals surface area contributed by atoms with Crippen LogP contribution in [0.4, 0.5) is 4.39 Å². The molecule has 0 radical (unpaired) electrons. The summed E-state index contributed by atoms with van der Waals surface area (Å²) in [4.78, 5) is 16.7. The smallest absolute Gasteiger partial charge is 0.254 e. The first-order valence-electron chi connectivity index (χ1n) is 8.42. The highest BCUT2D eigenvalue weighted by Gasteiger charge is 2.35. The third-order valence-electron chi connectivity index (χ3n) is 4.47. The van der Waals surface area contributed by atoms with E-state index >= 15 is 0 Å². The summed E-state index contributed by atoms with van der Waals surface area (Å²) in [5.41, 5.74) is 2.52. The Kier molecular flexibility index (Phi) is 5.16. The molecule has 1 N–H and O–H groups in total. The highest BCUT2D eigenvalue weighted by Crippen LogP contribution is 2.33. The summed E-state index contributed by atoms with van der Waals surface area (Å²) in [5, 5.41) is 10.1. The predicted octanol–water partition coefficient (Wildman–Crippen LogP) is 2.84. The van der Waals surface area contributed by atoms with E-state index in [0.717, 1.165) is 17.7 Å². The van der Waals surface area contributed by atoms with Crippen LogP contribution in [0.3, 0.4) is 0 Å². The molecule has 1 saturated heterocycles. The summed E-state index contributed by atoms with van der Waals surface area (Å²) >= 11 is 0. The first-order chi connectivity index (χ1) is 11.9. The maximum atomic E-state index is 13.2. The normalized spacial score (nSPS) is 20.3. The van der Waals surface area contributed by atoms with E-state index in [-0.39, 0.29) is 17.8 Å². The maximum Gasteiger partial charge on any atom is 0.254 e. The summed E-state index contributed by atoms with van der Waals surface area (Å²) in [6.45, 7) is 1.05. The Hall–Kier alpha value is -2.24. The second-order valence-electron chi connectivity index (χ2n) is 6.85. The van der Waals surface area contributed by atoms with Crippen molar-refractivity contribution in [3.63, 3.8) is 0 Å². The molecule has 0 bridgehead atoms. The number of benzene rings is 2. The average Bonchev–Trinajstić information content (AvgIpc) is 2.96. The van der Waals surface area contributed by atoms with Crippen LogP contribution in [0, 0.1) is 5.82 Å². The standard InChI is InChI=1S/C20H23FN2O2/c1-22(2)12-14-4-3-5-16(10-14)20(25)23-13-18(24)11-19(23)15-6-8-17(21)9-7-15/h3-10,18-19,24H,11-13H2,1-2H3/t18-,19+/m1/s1. The quantitative estimate of drug-likeness (QED) is 0.929. The number of amides is 1. The summed E-state index contributed by atoms with van der Waals surface area (Å²) in [6, 6.07) is 13.5. The van der Waals surface area contributed by atoms with Crippen molar-refractivity contribution < 1.29 is 14.3 Å². The Balaban J connectivity index is 1.85. The number of hydrogen-bond donors (Lipinski definition) is 1. The number of likely N-dealkylation sites (tertiary alicyclic amines) is 1. The lowest BCUT2D eigenvalue weighted by Crippen LogP contribution is -2.31. The molecule has 0 aromatic heterocycles. The monoisotopic (exact) mass is 342 g/mol. The molecule has 1 fully saturated rings. The summed E-state index contributed by atoms with van der Waals surface area (Å²) in [7, 11) is 3.96. The fourth-order valence-corrected chi connectivity index (χ4v) is 3.37. The van der Waals surface area contributed by atoms with E-state index in [1.165, 1.54) is 12.1 Å². The van der Waals surface area contributed by atoms with E-state index in [9.17, 15) is 14.3 Å². The Morgan fingerprint density at radius 1 is 1.24 bits per heavy atom. The second-order valence-corrected chi connectivity index (χ2v) is 6.85. The molecular weight excluding hydrogens is 319 g/mol. The van der Waals surface area contributed by atoms with Crippen molar-refractivity contribution in [1.82, 2.24) is 9.80 Å². The van der Waals surface area contributed by atoms with Crippen molar-refractivity contribution in [3.8, 4) is 0 Å². The zero-order valence-electron chi connectivity index (χ0n) is 14.5. The molecule has 25 heavy (non-hydrogen) atoms. The van der Waals surface area contributed by atoms with Gasteiger partial charge in [0.05, 0.1) is 12.1 Å². The van der Waals surface area contributed by atoms with E-state index in [2.05, 4.69) is 0 Å². The van der Waals surface area contributed by atoms with Crippen LogP contribution in [0.5, 0.6) is 0 Å². The van der Waals surface area contributed by atoms with Gasteiger partial charge < -0.3 is 14.9 Å². The second kappa shape index (κ2) is 7.33. The molecule has 0 saturated carbocycles. The number of β-amino-alcohol motifs (C(OH)–C–C–N with tert-alkyl or cyclic N) is 1. The zero-order chi connectivity index (χ0) is 18.0. The largest absolute Gasteiger partial charge is 0.391 e. The summed E-state index contributed by atoms with van der Waals surface area (Å²) in [6.07, 6.45) is -0.0988. The number of carbonyl (C=O) groups is 1. The van der Waals surface area contributed by atoms with Gasteiger partial charge >= 0.3 is 0 Å². The van der Waals surface area contributed by atoms with Crippen molar-refractivity contribution >= 4 is 5.91 Å². The molecule has 5 heteroatoms. The molecule has 132 valence electrons. The Bertz CT molecular complexity index is 746. The van der Waals surface area contributed by atoms with Crippen LogP contribution in [0.15, 0.2) is 48.5 Å². The van der Waals surface area contributed by atoms with Gasteiger partial charge in [-0.15, -0.1) is 0 Å². The maximum absolute atomic E-state index is 13.2. The van der Waals surface area contributed by atoms with Crippen molar-refractivity contribution in [3.05, 3.63) is 71.0 Å². The van der Waals surface area contributed by atoms with E-state index in [1.54, 1.807) is 23.1 Å². The first-order valence-corrected chi connectivity index (χ1v) is 8.42. The highest BCUT2D eigenvalue weighted by atomic mass is 19.1. The molecule has 1 heterocycles. The number of hydrogen-bond acceptors (Lipinski definition) is 3. The van der Waals surface area contributed by atoms with Gasteiger partial charge in [-0.2, -0.15) is 0 Å². The minimum Gasteiger partial charge on any atom is -0.391 e. The molecule has 1 aliphatic rings. The van der Waals surface area contributed by atoms with Gasteiger partial charge in [-0.05, 0) is 55.9 Å². The van der Waals surface area contributed by atoms with E-state index in [4.69, 9.17) is 0 Å². The van der Waals surface area contributed by atoms with Crippen molar-refractivity contribution in [2.24, 2.45) is 0 Å². The lowest BCUT2D eigenvalue weighted by molar-refractivity contribution is 0.0715. The fraction of sp³-hybridized carbons (Fsp3) is 0.350. The topological polar surface area (TPSA) is 43.8 Å². The highest BCUT2D eigenvalue weighted by molar-refractivity contribution is 5.95. The summed E-state index contributed by atoms with van der Waals surface area (Å²) < 4.78 is 13.2. The van der Waals surface area contributed by atoms with Crippen molar-refractivity contribution in [2.45, 2.75) is 25.1 Å². The number of halogens is 1. The molecule has 2 atom stereocenters. The van der Waals surface area contributed by atoms with Crippen LogP contribution in [-0.2, 0) is 6.54 Å². The molecule has 3 rings (SSSR count). The molecule has 1 amide bonds. The van der Waals surface area contributed by atoms with Crippen LogP contribution in [-0.4, -0.2) is 47.6 Å². The van der Waals surface area contributed by atoms with Gasteiger partial charge in [0.2, 0.25) is 0 Å². The van der Waals surface area contributed by atoms with Gasteiger partial charge in [-0.1, -0.05) is 24.3 Å². The van der Waals surface area contributed by atoms with Crippen LogP contribution < -0.4 is 0 Å². The Morgan fingerprint density at radius 2 is 1.96 bits per heavy atom. The third-order valence-corrected chi connectivity index (χ3v) is 4.47. The number of carbonyl (C=O) groups excluding carboxylic acids is 1. The minimum atomic E-state index is -0.566. The van der Waals surface area contributed by atoms with E-state index in [1.807, 2.05) is 37.2 Å². The number of aliphatic hydroxyl groups is 1. The lowest BCUT2D eigenvalue weighted by Gasteiger charge is -2.25. The average molecular weight is 342 g/mol. The van der Waals surface area contributed by atoms with Crippen molar-refractivity contribution in [2.75, 3.05) is 20.6 Å². The molecule has 4 nitrogen and oxygen atoms in total. The van der Waals surface area contributed by atoms with Gasteiger partial charge in [-0.25, -0.2) is 4.39 Å². The van der Waals surface area contributed by atoms with Crippen LogP contribution in [0.1, 0.15) is 33.9 Å². The zero-order valence-corrected chi connectivity index (χ0v) is 14.5. The molecule has 0 aliphatic carbocycles. The van der Waals surface area contributed by atoms with Gasteiger partial charge in [-0.3, -0.25) is 4.79 Å². The van der Waals surface area contributed by atoms with E-state index in [0.29, 0.717) is 18.5 Å². The molecule has 0 spiro atoms. The first kappa shape index (κ1) is 17.6. The van der Waals surface area contributed by atoms with Crippen molar-refractivity contribution in [1.29, 1.82) is 0 Å². The van der Waals surface area contributed by atoms with Gasteiger partial charge in [0.25, 0.3) is 5.91 Å². The van der Waals surface area contributed by atoms with Gasteiger partial charge in [0.1, 0.15) is 5.82 Å². The number of nitrogens with zero attached hydrogens (tertiary/aromatic N) is 2. The fourth-order valence-electron chi connectivity index (χ4n) is 3.37. The van der Waals surface area contributed by atoms with E-state index < -0.39 is 6.10 Å².